The second-order valence-corrected chi connectivity index (χ2v) is 5.61. The Balaban J connectivity index is 1.94. The van der Waals surface area contributed by atoms with Gasteiger partial charge in [0.2, 0.25) is 0 Å². The molecule has 0 amide bonds. The Morgan fingerprint density at radius 3 is 2.64 bits per heavy atom. The van der Waals surface area contributed by atoms with Gasteiger partial charge in [-0.15, -0.1) is 0 Å². The lowest BCUT2D eigenvalue weighted by Crippen LogP contribution is -1.92. The average molecular weight is 289 g/mol. The summed E-state index contributed by atoms with van der Waals surface area (Å²) in [5, 5.41) is 1.19. The van der Waals surface area contributed by atoms with E-state index in [0.29, 0.717) is 11.3 Å². The normalized spacial score (nSPS) is 15.4. The van der Waals surface area contributed by atoms with Crippen molar-refractivity contribution in [2.75, 3.05) is 0 Å². The van der Waals surface area contributed by atoms with Crippen LogP contribution in [0.25, 0.3) is 22.7 Å². The third kappa shape index (κ3) is 1.79. The van der Waals surface area contributed by atoms with Gasteiger partial charge in [0.25, 0.3) is 0 Å². The molecule has 108 valence electrons. The van der Waals surface area contributed by atoms with Crippen molar-refractivity contribution in [3.8, 4) is 0 Å². The summed E-state index contributed by atoms with van der Waals surface area (Å²) in [5.74, 6) is 0.343. The van der Waals surface area contributed by atoms with Crippen molar-refractivity contribution in [3.05, 3.63) is 70.9 Å². The SMILES string of the molecule is Cc1cccc2c1c(C=C1OC(=O)c3ccccc31)cn2C. The van der Waals surface area contributed by atoms with E-state index in [1.807, 2.05) is 31.3 Å². The van der Waals surface area contributed by atoms with Crippen molar-refractivity contribution in [1.82, 2.24) is 4.57 Å². The third-order valence-electron chi connectivity index (χ3n) is 4.15. The smallest absolute Gasteiger partial charge is 0.344 e. The molecule has 0 saturated carbocycles. The summed E-state index contributed by atoms with van der Waals surface area (Å²) in [4.78, 5) is 11.9. The number of hydrogen-bond acceptors (Lipinski definition) is 2. The van der Waals surface area contributed by atoms with Crippen LogP contribution in [-0.4, -0.2) is 10.5 Å². The van der Waals surface area contributed by atoms with Crippen LogP contribution in [-0.2, 0) is 11.8 Å². The van der Waals surface area contributed by atoms with Crippen molar-refractivity contribution < 1.29 is 9.53 Å². The highest BCUT2D eigenvalue weighted by Crippen LogP contribution is 2.33. The first-order valence-electron chi connectivity index (χ1n) is 7.23. The number of benzene rings is 2. The molecule has 3 nitrogen and oxygen atoms in total. The second kappa shape index (κ2) is 4.60. The van der Waals surface area contributed by atoms with E-state index in [1.165, 1.54) is 16.5 Å². The molecule has 4 rings (SSSR count). The van der Waals surface area contributed by atoms with Crippen LogP contribution < -0.4 is 0 Å². The lowest BCUT2D eigenvalue weighted by molar-refractivity contribution is 0.0717. The monoisotopic (exact) mass is 289 g/mol. The Bertz CT molecular complexity index is 947. The van der Waals surface area contributed by atoms with E-state index >= 15 is 0 Å². The number of hydrogen-bond donors (Lipinski definition) is 0. The first kappa shape index (κ1) is 12.9. The fourth-order valence-corrected chi connectivity index (χ4v) is 3.11. The van der Waals surface area contributed by atoms with Crippen LogP contribution in [0, 0.1) is 6.92 Å². The number of carbonyl (C=O) groups is 1. The zero-order valence-electron chi connectivity index (χ0n) is 12.5. The molecule has 22 heavy (non-hydrogen) atoms. The minimum Gasteiger partial charge on any atom is -0.422 e. The van der Waals surface area contributed by atoms with Gasteiger partial charge in [-0.2, -0.15) is 0 Å². The zero-order valence-corrected chi connectivity index (χ0v) is 12.5. The van der Waals surface area contributed by atoms with Crippen LogP contribution in [0.2, 0.25) is 0 Å². The molecule has 0 fully saturated rings. The van der Waals surface area contributed by atoms with Crippen LogP contribution in [0.1, 0.15) is 27.0 Å². The van der Waals surface area contributed by atoms with Gasteiger partial charge in [0.1, 0.15) is 5.76 Å². The average Bonchev–Trinajstić information content (AvgIpc) is 3.00. The van der Waals surface area contributed by atoms with E-state index in [9.17, 15) is 4.79 Å². The molecule has 1 aliphatic rings. The van der Waals surface area contributed by atoms with E-state index in [0.717, 1.165) is 11.1 Å². The van der Waals surface area contributed by atoms with Crippen molar-refractivity contribution in [2.24, 2.45) is 7.05 Å². The van der Waals surface area contributed by atoms with Crippen LogP contribution in [0.5, 0.6) is 0 Å². The molecule has 0 radical (unpaired) electrons. The van der Waals surface area contributed by atoms with Crippen molar-refractivity contribution >= 4 is 28.7 Å². The minimum atomic E-state index is -0.279. The molecule has 0 saturated heterocycles. The lowest BCUT2D eigenvalue weighted by Gasteiger charge is -2.00. The minimum absolute atomic E-state index is 0.279. The number of rotatable bonds is 1. The molecule has 2 aromatic carbocycles. The fourth-order valence-electron chi connectivity index (χ4n) is 3.11. The Kier molecular flexibility index (Phi) is 2.70. The number of cyclic esters (lactones) is 1. The maximum atomic E-state index is 11.9. The third-order valence-corrected chi connectivity index (χ3v) is 4.15. The highest BCUT2D eigenvalue weighted by Gasteiger charge is 2.26. The zero-order chi connectivity index (χ0) is 15.3. The Morgan fingerprint density at radius 2 is 1.82 bits per heavy atom. The number of esters is 1. The van der Waals surface area contributed by atoms with Crippen molar-refractivity contribution in [1.29, 1.82) is 0 Å². The van der Waals surface area contributed by atoms with E-state index < -0.39 is 0 Å². The van der Waals surface area contributed by atoms with Crippen molar-refractivity contribution in [3.63, 3.8) is 0 Å². The summed E-state index contributed by atoms with van der Waals surface area (Å²) in [6.07, 6.45) is 4.03. The molecule has 2 heterocycles. The molecular formula is C19H15NO2. The largest absolute Gasteiger partial charge is 0.422 e. The molecule has 0 bridgehead atoms. The summed E-state index contributed by atoms with van der Waals surface area (Å²) in [6, 6.07) is 13.7. The summed E-state index contributed by atoms with van der Waals surface area (Å²) >= 11 is 0. The number of ether oxygens (including phenoxy) is 1. The summed E-state index contributed by atoms with van der Waals surface area (Å²) in [7, 11) is 2.03. The molecule has 0 spiro atoms. The molecular weight excluding hydrogens is 274 g/mol. The number of aryl methyl sites for hydroxylation is 2. The van der Waals surface area contributed by atoms with Gasteiger partial charge < -0.3 is 9.30 Å². The second-order valence-electron chi connectivity index (χ2n) is 5.61. The molecule has 3 aromatic rings. The predicted molar refractivity (Wildman–Crippen MR) is 87.4 cm³/mol. The molecule has 3 heteroatoms. The molecule has 0 unspecified atom stereocenters. The first-order valence-corrected chi connectivity index (χ1v) is 7.23. The lowest BCUT2D eigenvalue weighted by atomic mass is 10.0. The number of aromatic nitrogens is 1. The molecule has 1 aliphatic heterocycles. The van der Waals surface area contributed by atoms with Crippen LogP contribution in [0.3, 0.4) is 0 Å². The number of carbonyl (C=O) groups excluding carboxylic acids is 1. The summed E-state index contributed by atoms with van der Waals surface area (Å²) < 4.78 is 7.54. The van der Waals surface area contributed by atoms with Gasteiger partial charge in [-0.1, -0.05) is 30.3 Å². The maximum absolute atomic E-state index is 11.9. The van der Waals surface area contributed by atoms with E-state index in [4.69, 9.17) is 4.74 Å². The van der Waals surface area contributed by atoms with Gasteiger partial charge in [0.05, 0.1) is 5.56 Å². The quantitative estimate of drug-likeness (QED) is 0.630. The van der Waals surface area contributed by atoms with E-state index in [1.54, 1.807) is 6.07 Å². The molecule has 0 N–H and O–H groups in total. The fraction of sp³-hybridized carbons (Fsp3) is 0.105. The van der Waals surface area contributed by atoms with Gasteiger partial charge in [-0.25, -0.2) is 4.79 Å². The Hall–Kier alpha value is -2.81. The van der Waals surface area contributed by atoms with Crippen molar-refractivity contribution in [2.45, 2.75) is 6.92 Å². The van der Waals surface area contributed by atoms with Crippen LogP contribution in [0.4, 0.5) is 0 Å². The number of fused-ring (bicyclic) bond motifs is 2. The first-order chi connectivity index (χ1) is 10.6. The van der Waals surface area contributed by atoms with Crippen LogP contribution >= 0.6 is 0 Å². The summed E-state index contributed by atoms with van der Waals surface area (Å²) in [6.45, 7) is 2.10. The molecule has 0 aliphatic carbocycles. The Morgan fingerprint density at radius 1 is 1.05 bits per heavy atom. The van der Waals surface area contributed by atoms with Gasteiger partial charge >= 0.3 is 5.97 Å². The standard InChI is InChI=1S/C19H15NO2/c1-12-6-5-9-16-18(12)13(11-20(16)2)10-17-14-7-3-4-8-15(14)19(21)22-17/h3-11H,1-2H3. The maximum Gasteiger partial charge on any atom is 0.344 e. The topological polar surface area (TPSA) is 31.2 Å². The summed E-state index contributed by atoms with van der Waals surface area (Å²) in [5.41, 5.74) is 4.94. The van der Waals surface area contributed by atoms with Gasteiger partial charge in [-0.3, -0.25) is 0 Å². The molecule has 1 aromatic heterocycles. The number of nitrogens with zero attached hydrogens (tertiary/aromatic N) is 1. The highest BCUT2D eigenvalue weighted by atomic mass is 16.5. The van der Waals surface area contributed by atoms with Gasteiger partial charge in [0.15, 0.2) is 0 Å². The predicted octanol–water partition coefficient (Wildman–Crippen LogP) is 4.16. The van der Waals surface area contributed by atoms with E-state index in [2.05, 4.69) is 35.9 Å². The van der Waals surface area contributed by atoms with Gasteiger partial charge in [-0.05, 0) is 30.7 Å². The van der Waals surface area contributed by atoms with E-state index in [-0.39, 0.29) is 5.97 Å². The highest BCUT2D eigenvalue weighted by molar-refractivity contribution is 6.07. The van der Waals surface area contributed by atoms with Crippen LogP contribution in [0.15, 0.2) is 48.7 Å². The Labute approximate surface area is 128 Å². The van der Waals surface area contributed by atoms with Gasteiger partial charge in [0, 0.05) is 35.3 Å². The molecule has 0 atom stereocenters.